The van der Waals surface area contributed by atoms with Crippen LogP contribution in [0.3, 0.4) is 0 Å². The van der Waals surface area contributed by atoms with Gasteiger partial charge in [-0.2, -0.15) is 0 Å². The number of nitro groups is 1. The van der Waals surface area contributed by atoms with Crippen LogP contribution in [0.4, 0.5) is 11.4 Å². The van der Waals surface area contributed by atoms with E-state index in [4.69, 9.17) is 0 Å². The van der Waals surface area contributed by atoms with Gasteiger partial charge in [-0.1, -0.05) is 30.3 Å². The van der Waals surface area contributed by atoms with E-state index >= 15 is 0 Å². The van der Waals surface area contributed by atoms with Gasteiger partial charge in [0.1, 0.15) is 0 Å². The first kappa shape index (κ1) is 19.2. The van der Waals surface area contributed by atoms with E-state index in [2.05, 4.69) is 29.3 Å². The lowest BCUT2D eigenvalue weighted by Crippen LogP contribution is -2.29. The molecule has 0 heterocycles. The number of carbonyl (C=O) groups excluding carboxylic acids is 1. The fourth-order valence-corrected chi connectivity index (χ4v) is 2.61. The second-order valence-corrected chi connectivity index (χ2v) is 5.71. The monoisotopic (exact) mass is 353 g/mol. The van der Waals surface area contributed by atoms with E-state index < -0.39 is 4.92 Å². The molecule has 136 valence electrons. The predicted molar refractivity (Wildman–Crippen MR) is 104 cm³/mol. The predicted octanol–water partition coefficient (Wildman–Crippen LogP) is 3.64. The van der Waals surface area contributed by atoms with E-state index in [9.17, 15) is 14.9 Å². The van der Waals surface area contributed by atoms with Crippen molar-refractivity contribution in [3.63, 3.8) is 0 Å². The Morgan fingerprint density at radius 2 is 1.85 bits per heavy atom. The first-order chi connectivity index (χ1) is 12.6. The van der Waals surface area contributed by atoms with E-state index in [0.717, 1.165) is 25.2 Å². The number of nitrogens with one attached hydrogen (secondary N) is 1. The van der Waals surface area contributed by atoms with Crippen LogP contribution in [-0.4, -0.2) is 30.5 Å². The summed E-state index contributed by atoms with van der Waals surface area (Å²) in [6, 6.07) is 16.5. The Balaban J connectivity index is 1.79. The lowest BCUT2D eigenvalue weighted by atomic mass is 10.1. The maximum atomic E-state index is 11.9. The van der Waals surface area contributed by atoms with Crippen molar-refractivity contribution in [1.82, 2.24) is 5.32 Å². The van der Waals surface area contributed by atoms with Crippen molar-refractivity contribution in [2.75, 3.05) is 24.5 Å². The summed E-state index contributed by atoms with van der Waals surface area (Å²) in [5.74, 6) is -0.258. The molecule has 0 unspecified atom stereocenters. The van der Waals surface area contributed by atoms with Crippen LogP contribution in [0.1, 0.15) is 18.9 Å². The molecule has 1 N–H and O–H groups in total. The lowest BCUT2D eigenvalue weighted by Gasteiger charge is -2.23. The van der Waals surface area contributed by atoms with Crippen molar-refractivity contribution in [2.45, 2.75) is 13.3 Å². The number of hydrogen-bond acceptors (Lipinski definition) is 4. The molecule has 0 aliphatic carbocycles. The average molecular weight is 353 g/mol. The zero-order valence-electron chi connectivity index (χ0n) is 14.8. The molecule has 0 aliphatic rings. The molecule has 0 aliphatic heterocycles. The third kappa shape index (κ3) is 5.73. The molecule has 0 radical (unpaired) electrons. The summed E-state index contributed by atoms with van der Waals surface area (Å²) in [4.78, 5) is 24.6. The molecule has 0 saturated heterocycles. The topological polar surface area (TPSA) is 75.5 Å². The number of benzene rings is 2. The van der Waals surface area contributed by atoms with Gasteiger partial charge in [0.15, 0.2) is 0 Å². The molecule has 6 nitrogen and oxygen atoms in total. The third-order valence-electron chi connectivity index (χ3n) is 3.95. The number of carbonyl (C=O) groups is 1. The minimum atomic E-state index is -0.458. The highest BCUT2D eigenvalue weighted by atomic mass is 16.6. The molecule has 0 aromatic heterocycles. The molecule has 0 saturated carbocycles. The SMILES string of the molecule is CCN(CCCNC(=O)/C=C\c1ccccc1[N+](=O)[O-])c1ccccc1. The lowest BCUT2D eigenvalue weighted by molar-refractivity contribution is -0.385. The zero-order valence-corrected chi connectivity index (χ0v) is 14.8. The number of amides is 1. The van der Waals surface area contributed by atoms with Gasteiger partial charge in [-0.05, 0) is 37.6 Å². The third-order valence-corrected chi connectivity index (χ3v) is 3.95. The van der Waals surface area contributed by atoms with Crippen molar-refractivity contribution >= 4 is 23.4 Å². The molecule has 6 heteroatoms. The van der Waals surface area contributed by atoms with Crippen molar-refractivity contribution in [1.29, 1.82) is 0 Å². The van der Waals surface area contributed by atoms with E-state index in [-0.39, 0.29) is 11.6 Å². The van der Waals surface area contributed by atoms with Crippen molar-refractivity contribution < 1.29 is 9.72 Å². The average Bonchev–Trinajstić information content (AvgIpc) is 2.67. The fourth-order valence-electron chi connectivity index (χ4n) is 2.61. The number of anilines is 1. The second-order valence-electron chi connectivity index (χ2n) is 5.71. The van der Waals surface area contributed by atoms with Gasteiger partial charge in [0, 0.05) is 37.5 Å². The Labute approximate surface area is 153 Å². The number of nitro benzene ring substituents is 1. The Morgan fingerprint density at radius 3 is 2.54 bits per heavy atom. The van der Waals surface area contributed by atoms with Gasteiger partial charge in [-0.3, -0.25) is 14.9 Å². The minimum Gasteiger partial charge on any atom is -0.372 e. The Morgan fingerprint density at radius 1 is 1.15 bits per heavy atom. The van der Waals surface area contributed by atoms with E-state index in [1.807, 2.05) is 18.2 Å². The van der Waals surface area contributed by atoms with E-state index in [1.165, 1.54) is 18.2 Å². The van der Waals surface area contributed by atoms with E-state index in [1.54, 1.807) is 18.2 Å². The summed E-state index contributed by atoms with van der Waals surface area (Å²) < 4.78 is 0. The quantitative estimate of drug-likeness (QED) is 0.323. The first-order valence-corrected chi connectivity index (χ1v) is 8.61. The summed E-state index contributed by atoms with van der Waals surface area (Å²) in [5.41, 5.74) is 1.56. The maximum Gasteiger partial charge on any atom is 0.276 e. The molecule has 2 rings (SSSR count). The standard InChI is InChI=1S/C20H23N3O3/c1-2-22(18-10-4-3-5-11-18)16-8-15-21-20(24)14-13-17-9-6-7-12-19(17)23(25)26/h3-7,9-14H,2,8,15-16H2,1H3,(H,21,24)/b14-13-. The highest BCUT2D eigenvalue weighted by molar-refractivity contribution is 5.92. The van der Waals surface area contributed by atoms with Crippen molar-refractivity contribution in [2.24, 2.45) is 0 Å². The number of rotatable bonds is 9. The summed E-state index contributed by atoms with van der Waals surface area (Å²) in [7, 11) is 0. The number of para-hydroxylation sites is 2. The molecule has 1 amide bonds. The largest absolute Gasteiger partial charge is 0.372 e. The number of hydrogen-bond donors (Lipinski definition) is 1. The molecule has 0 spiro atoms. The van der Waals surface area contributed by atoms with Crippen LogP contribution >= 0.6 is 0 Å². The van der Waals surface area contributed by atoms with Gasteiger partial charge in [0.2, 0.25) is 5.91 Å². The Hall–Kier alpha value is -3.15. The van der Waals surface area contributed by atoms with Crippen molar-refractivity contribution in [3.05, 3.63) is 76.4 Å². The normalized spacial score (nSPS) is 10.7. The number of nitrogens with zero attached hydrogens (tertiary/aromatic N) is 2. The highest BCUT2D eigenvalue weighted by Crippen LogP contribution is 2.18. The zero-order chi connectivity index (χ0) is 18.8. The molecule has 0 bridgehead atoms. The van der Waals surface area contributed by atoms with Gasteiger partial charge in [0.25, 0.3) is 5.69 Å². The Bertz CT molecular complexity index is 760. The van der Waals surface area contributed by atoms with Crippen LogP contribution < -0.4 is 10.2 Å². The minimum absolute atomic E-state index is 0.0157. The van der Waals surface area contributed by atoms with Crippen molar-refractivity contribution in [3.8, 4) is 0 Å². The van der Waals surface area contributed by atoms with Gasteiger partial charge < -0.3 is 10.2 Å². The van der Waals surface area contributed by atoms with Gasteiger partial charge in [-0.25, -0.2) is 0 Å². The highest BCUT2D eigenvalue weighted by Gasteiger charge is 2.09. The molecule has 2 aromatic rings. The van der Waals surface area contributed by atoms with Gasteiger partial charge in [-0.15, -0.1) is 0 Å². The fraction of sp³-hybridized carbons (Fsp3) is 0.250. The second kappa shape index (κ2) is 9.98. The Kier molecular flexibility index (Phi) is 7.36. The maximum absolute atomic E-state index is 11.9. The molecule has 26 heavy (non-hydrogen) atoms. The molecular formula is C20H23N3O3. The molecular weight excluding hydrogens is 330 g/mol. The van der Waals surface area contributed by atoms with Crippen LogP contribution in [0.15, 0.2) is 60.7 Å². The molecule has 0 atom stereocenters. The smallest absolute Gasteiger partial charge is 0.276 e. The summed E-state index contributed by atoms with van der Waals surface area (Å²) in [5, 5.41) is 13.8. The summed E-state index contributed by atoms with van der Waals surface area (Å²) in [6.45, 7) is 4.38. The molecule has 0 fully saturated rings. The van der Waals surface area contributed by atoms with Crippen LogP contribution in [0, 0.1) is 10.1 Å². The van der Waals surface area contributed by atoms with Crippen LogP contribution in [0.5, 0.6) is 0 Å². The molecule has 2 aromatic carbocycles. The summed E-state index contributed by atoms with van der Waals surface area (Å²) >= 11 is 0. The van der Waals surface area contributed by atoms with Crippen LogP contribution in [0.25, 0.3) is 6.08 Å². The first-order valence-electron chi connectivity index (χ1n) is 8.61. The van der Waals surface area contributed by atoms with Gasteiger partial charge in [0.05, 0.1) is 10.5 Å². The van der Waals surface area contributed by atoms with E-state index in [0.29, 0.717) is 12.1 Å². The summed E-state index contributed by atoms with van der Waals surface area (Å²) in [6.07, 6.45) is 3.61. The van der Waals surface area contributed by atoms with Crippen LogP contribution in [0.2, 0.25) is 0 Å². The van der Waals surface area contributed by atoms with Gasteiger partial charge >= 0.3 is 0 Å². The van der Waals surface area contributed by atoms with Crippen LogP contribution in [-0.2, 0) is 4.79 Å².